The summed E-state index contributed by atoms with van der Waals surface area (Å²) in [5.41, 5.74) is 0.925. The third-order valence-corrected chi connectivity index (χ3v) is 4.82. The van der Waals surface area contributed by atoms with Crippen LogP contribution in [0.4, 0.5) is 5.82 Å². The van der Waals surface area contributed by atoms with Crippen molar-refractivity contribution in [3.05, 3.63) is 59.0 Å². The number of imidazole rings is 1. The minimum atomic E-state index is -0.240. The number of methoxy groups -OCH3 is 1. The standard InChI is InChI=1S/C17H14Cl2N4O2S/c1-25-13-4-2-12(3-5-13)23-7-6-20-17(23)26-10-15(24)22-16-14(19)8-11(18)9-21-16/h2-9H,10H2,1H3,(H,21,22,24). The van der Waals surface area contributed by atoms with Gasteiger partial charge in [0.1, 0.15) is 5.75 Å². The molecule has 0 saturated carbocycles. The fourth-order valence-electron chi connectivity index (χ4n) is 2.14. The molecule has 1 N–H and O–H groups in total. The Labute approximate surface area is 164 Å². The average Bonchev–Trinajstić information content (AvgIpc) is 3.11. The molecule has 0 aliphatic rings. The Morgan fingerprint density at radius 2 is 2.04 bits per heavy atom. The van der Waals surface area contributed by atoms with Gasteiger partial charge in [0.15, 0.2) is 11.0 Å². The van der Waals surface area contributed by atoms with E-state index in [1.54, 1.807) is 13.3 Å². The van der Waals surface area contributed by atoms with E-state index in [1.165, 1.54) is 24.0 Å². The van der Waals surface area contributed by atoms with Gasteiger partial charge in [-0.1, -0.05) is 35.0 Å². The molecule has 0 unspecified atom stereocenters. The van der Waals surface area contributed by atoms with Crippen LogP contribution in [0.3, 0.4) is 0 Å². The van der Waals surface area contributed by atoms with Crippen LogP contribution < -0.4 is 10.1 Å². The number of benzene rings is 1. The first kappa shape index (κ1) is 18.6. The van der Waals surface area contributed by atoms with E-state index in [2.05, 4.69) is 15.3 Å². The maximum atomic E-state index is 12.2. The molecule has 0 radical (unpaired) electrons. The summed E-state index contributed by atoms with van der Waals surface area (Å²) in [5.74, 6) is 0.972. The Morgan fingerprint density at radius 3 is 2.73 bits per heavy atom. The fourth-order valence-corrected chi connectivity index (χ4v) is 3.34. The second kappa shape index (κ2) is 8.44. The lowest BCUT2D eigenvalue weighted by molar-refractivity contribution is -0.113. The Hall–Kier alpha value is -2.22. The van der Waals surface area contributed by atoms with Crippen molar-refractivity contribution in [1.29, 1.82) is 0 Å². The first-order valence-corrected chi connectivity index (χ1v) is 9.22. The molecule has 9 heteroatoms. The molecule has 0 aliphatic carbocycles. The summed E-state index contributed by atoms with van der Waals surface area (Å²) in [6.07, 6.45) is 4.94. The van der Waals surface area contributed by atoms with Gasteiger partial charge in [-0.05, 0) is 30.3 Å². The monoisotopic (exact) mass is 408 g/mol. The molecule has 134 valence electrons. The zero-order valence-electron chi connectivity index (χ0n) is 13.6. The Morgan fingerprint density at radius 1 is 1.27 bits per heavy atom. The van der Waals surface area contributed by atoms with Gasteiger partial charge in [0, 0.05) is 24.3 Å². The van der Waals surface area contributed by atoms with E-state index in [-0.39, 0.29) is 22.5 Å². The highest BCUT2D eigenvalue weighted by molar-refractivity contribution is 7.99. The predicted octanol–water partition coefficient (Wildman–Crippen LogP) is 4.31. The molecule has 0 atom stereocenters. The molecule has 0 saturated heterocycles. The molecule has 2 aromatic heterocycles. The van der Waals surface area contributed by atoms with Crippen molar-refractivity contribution in [3.63, 3.8) is 0 Å². The smallest absolute Gasteiger partial charge is 0.236 e. The lowest BCUT2D eigenvalue weighted by Gasteiger charge is -2.09. The molecule has 3 aromatic rings. The number of carbonyl (C=O) groups is 1. The van der Waals surface area contributed by atoms with Gasteiger partial charge < -0.3 is 10.1 Å². The van der Waals surface area contributed by atoms with Gasteiger partial charge in [-0.25, -0.2) is 9.97 Å². The van der Waals surface area contributed by atoms with Gasteiger partial charge in [0.05, 0.1) is 22.9 Å². The van der Waals surface area contributed by atoms with E-state index in [0.717, 1.165) is 11.4 Å². The molecular formula is C17H14Cl2N4O2S. The van der Waals surface area contributed by atoms with E-state index in [9.17, 15) is 4.79 Å². The normalized spacial score (nSPS) is 10.6. The number of rotatable bonds is 6. The summed E-state index contributed by atoms with van der Waals surface area (Å²) in [6.45, 7) is 0. The molecule has 1 amide bonds. The molecule has 26 heavy (non-hydrogen) atoms. The summed E-state index contributed by atoms with van der Waals surface area (Å²) in [5, 5.41) is 4.05. The van der Waals surface area contributed by atoms with Crippen LogP contribution in [0.2, 0.25) is 10.0 Å². The zero-order chi connectivity index (χ0) is 18.5. The van der Waals surface area contributed by atoms with E-state index in [0.29, 0.717) is 10.2 Å². The summed E-state index contributed by atoms with van der Waals surface area (Å²) in [6, 6.07) is 9.09. The van der Waals surface area contributed by atoms with Crippen LogP contribution in [0.1, 0.15) is 0 Å². The molecule has 0 bridgehead atoms. The van der Waals surface area contributed by atoms with E-state index >= 15 is 0 Å². The highest BCUT2D eigenvalue weighted by Crippen LogP contribution is 2.24. The van der Waals surface area contributed by atoms with Crippen LogP contribution in [0.5, 0.6) is 5.75 Å². The number of carbonyl (C=O) groups excluding carboxylic acids is 1. The van der Waals surface area contributed by atoms with E-state index < -0.39 is 0 Å². The van der Waals surface area contributed by atoms with Gasteiger partial charge in [-0.2, -0.15) is 0 Å². The van der Waals surface area contributed by atoms with Gasteiger partial charge >= 0.3 is 0 Å². The summed E-state index contributed by atoms with van der Waals surface area (Å²) >= 11 is 13.1. The van der Waals surface area contributed by atoms with Crippen LogP contribution in [-0.4, -0.2) is 33.3 Å². The number of nitrogens with zero attached hydrogens (tertiary/aromatic N) is 3. The van der Waals surface area contributed by atoms with Crippen LogP contribution in [0.25, 0.3) is 5.69 Å². The van der Waals surface area contributed by atoms with Crippen molar-refractivity contribution < 1.29 is 9.53 Å². The highest BCUT2D eigenvalue weighted by Gasteiger charge is 2.11. The molecular weight excluding hydrogens is 395 g/mol. The highest BCUT2D eigenvalue weighted by atomic mass is 35.5. The molecule has 3 rings (SSSR count). The number of nitrogens with one attached hydrogen (secondary N) is 1. The Bertz CT molecular complexity index is 915. The number of hydrogen-bond donors (Lipinski definition) is 1. The lowest BCUT2D eigenvalue weighted by Crippen LogP contribution is -2.15. The predicted molar refractivity (Wildman–Crippen MR) is 104 cm³/mol. The molecule has 0 aliphatic heterocycles. The second-order valence-corrected chi connectivity index (χ2v) is 6.88. The van der Waals surface area contributed by atoms with Crippen molar-refractivity contribution >= 4 is 46.7 Å². The molecule has 0 fully saturated rings. The maximum Gasteiger partial charge on any atom is 0.236 e. The van der Waals surface area contributed by atoms with Crippen molar-refractivity contribution in [2.75, 3.05) is 18.2 Å². The van der Waals surface area contributed by atoms with Crippen LogP contribution in [-0.2, 0) is 4.79 Å². The number of aromatic nitrogens is 3. The second-order valence-electron chi connectivity index (χ2n) is 5.10. The Kier molecular flexibility index (Phi) is 6.03. The third kappa shape index (κ3) is 4.49. The van der Waals surface area contributed by atoms with Gasteiger partial charge in [-0.15, -0.1) is 0 Å². The minimum absolute atomic E-state index is 0.161. The van der Waals surface area contributed by atoms with Crippen LogP contribution in [0.15, 0.2) is 54.1 Å². The minimum Gasteiger partial charge on any atom is -0.497 e. The number of amides is 1. The molecule has 0 spiro atoms. The quantitative estimate of drug-likeness (QED) is 0.615. The first-order valence-electron chi connectivity index (χ1n) is 7.48. The summed E-state index contributed by atoms with van der Waals surface area (Å²) < 4.78 is 7.06. The van der Waals surface area contributed by atoms with Gasteiger partial charge in [-0.3, -0.25) is 9.36 Å². The van der Waals surface area contributed by atoms with Crippen molar-refractivity contribution in [1.82, 2.24) is 14.5 Å². The van der Waals surface area contributed by atoms with Crippen LogP contribution >= 0.6 is 35.0 Å². The molecule has 2 heterocycles. The number of thioether (sulfide) groups is 1. The van der Waals surface area contributed by atoms with E-state index in [1.807, 2.05) is 35.0 Å². The molecule has 1 aromatic carbocycles. The topological polar surface area (TPSA) is 69.0 Å². The fraction of sp³-hybridized carbons (Fsp3) is 0.118. The number of halogens is 2. The van der Waals surface area contributed by atoms with E-state index in [4.69, 9.17) is 27.9 Å². The zero-order valence-corrected chi connectivity index (χ0v) is 16.0. The van der Waals surface area contributed by atoms with Gasteiger partial charge in [0.25, 0.3) is 0 Å². The SMILES string of the molecule is COc1ccc(-n2ccnc2SCC(=O)Nc2ncc(Cl)cc2Cl)cc1. The van der Waals surface area contributed by atoms with Crippen molar-refractivity contribution in [2.24, 2.45) is 0 Å². The Balaban J connectivity index is 1.64. The van der Waals surface area contributed by atoms with Crippen LogP contribution in [0, 0.1) is 0 Å². The summed E-state index contributed by atoms with van der Waals surface area (Å²) in [4.78, 5) is 20.5. The maximum absolute atomic E-state index is 12.2. The number of hydrogen-bond acceptors (Lipinski definition) is 5. The number of ether oxygens (including phenoxy) is 1. The average molecular weight is 409 g/mol. The van der Waals surface area contributed by atoms with Gasteiger partial charge in [0.2, 0.25) is 5.91 Å². The number of anilines is 1. The molecule has 6 nitrogen and oxygen atoms in total. The lowest BCUT2D eigenvalue weighted by atomic mass is 10.3. The number of pyridine rings is 1. The van der Waals surface area contributed by atoms with Crippen molar-refractivity contribution in [2.45, 2.75) is 5.16 Å². The third-order valence-electron chi connectivity index (χ3n) is 3.36. The largest absolute Gasteiger partial charge is 0.497 e. The summed E-state index contributed by atoms with van der Waals surface area (Å²) in [7, 11) is 1.62. The van der Waals surface area contributed by atoms with Crippen molar-refractivity contribution in [3.8, 4) is 11.4 Å². The first-order chi connectivity index (χ1) is 12.6.